The van der Waals surface area contributed by atoms with Crippen LogP contribution >= 0.6 is 11.8 Å². The average molecular weight is 398 g/mol. The van der Waals surface area contributed by atoms with Crippen molar-refractivity contribution in [1.82, 2.24) is 4.90 Å². The van der Waals surface area contributed by atoms with Crippen molar-refractivity contribution in [1.29, 1.82) is 5.26 Å². The molecule has 0 radical (unpaired) electrons. The van der Waals surface area contributed by atoms with Crippen LogP contribution in [-0.2, 0) is 9.53 Å². The molecule has 146 valence electrons. The van der Waals surface area contributed by atoms with Gasteiger partial charge in [-0.1, -0.05) is 6.07 Å². The number of nitrogens with zero attached hydrogens (tertiary/aromatic N) is 3. The molecule has 7 nitrogen and oxygen atoms in total. The molecule has 0 unspecified atom stereocenters. The number of allylic oxidation sites excluding steroid dienone is 2. The molecule has 0 spiro atoms. The number of benzene rings is 1. The molecule has 2 aliphatic rings. The fourth-order valence-electron chi connectivity index (χ4n) is 3.26. The number of hydrogen-bond acceptors (Lipinski definition) is 8. The van der Waals surface area contributed by atoms with E-state index in [-0.39, 0.29) is 11.9 Å². The van der Waals surface area contributed by atoms with Gasteiger partial charge < -0.3 is 15.2 Å². The lowest BCUT2D eigenvalue weighted by atomic mass is 9.91. The van der Waals surface area contributed by atoms with Gasteiger partial charge in [0.05, 0.1) is 30.5 Å². The molecule has 0 saturated carbocycles. The SMILES string of the molecule is COc1ccc([C@@H]2C(C(=O)OC(C)C)=C(C)N=C3SC(C#N)=C(N)N32)c(C)c1. The number of methoxy groups -OCH3 is 1. The molecular formula is C20H22N4O3S. The summed E-state index contributed by atoms with van der Waals surface area (Å²) in [5, 5.41) is 9.99. The van der Waals surface area contributed by atoms with Gasteiger partial charge in [-0.25, -0.2) is 9.79 Å². The number of aryl methyl sites for hydroxylation is 1. The quantitative estimate of drug-likeness (QED) is 0.776. The Morgan fingerprint density at radius 3 is 2.68 bits per heavy atom. The molecule has 0 amide bonds. The minimum atomic E-state index is -0.539. The number of amidine groups is 1. The summed E-state index contributed by atoms with van der Waals surface area (Å²) in [7, 11) is 1.60. The molecule has 1 aromatic carbocycles. The van der Waals surface area contributed by atoms with E-state index in [9.17, 15) is 10.1 Å². The van der Waals surface area contributed by atoms with E-state index < -0.39 is 12.0 Å². The predicted octanol–water partition coefficient (Wildman–Crippen LogP) is 3.34. The van der Waals surface area contributed by atoms with Crippen LogP contribution in [0.15, 0.2) is 45.2 Å². The van der Waals surface area contributed by atoms with Crippen molar-refractivity contribution >= 4 is 22.9 Å². The molecule has 3 rings (SSSR count). The van der Waals surface area contributed by atoms with Crippen molar-refractivity contribution in [2.24, 2.45) is 10.7 Å². The Hall–Kier alpha value is -2.92. The van der Waals surface area contributed by atoms with E-state index in [4.69, 9.17) is 15.2 Å². The van der Waals surface area contributed by atoms with Gasteiger partial charge in [0.2, 0.25) is 0 Å². The van der Waals surface area contributed by atoms with Gasteiger partial charge in [0, 0.05) is 0 Å². The number of hydrogen-bond donors (Lipinski definition) is 1. The van der Waals surface area contributed by atoms with E-state index in [1.165, 1.54) is 11.8 Å². The van der Waals surface area contributed by atoms with Gasteiger partial charge in [-0.2, -0.15) is 5.26 Å². The molecule has 1 atom stereocenters. The van der Waals surface area contributed by atoms with Crippen LogP contribution in [0.3, 0.4) is 0 Å². The summed E-state index contributed by atoms with van der Waals surface area (Å²) < 4.78 is 10.8. The number of nitriles is 1. The highest BCUT2D eigenvalue weighted by Crippen LogP contribution is 2.46. The van der Waals surface area contributed by atoms with Crippen LogP contribution < -0.4 is 10.5 Å². The van der Waals surface area contributed by atoms with Crippen LogP contribution in [0.25, 0.3) is 0 Å². The highest BCUT2D eigenvalue weighted by atomic mass is 32.2. The molecule has 2 aliphatic heterocycles. The van der Waals surface area contributed by atoms with Gasteiger partial charge in [0.15, 0.2) is 5.17 Å². The fraction of sp³-hybridized carbons (Fsp3) is 0.350. The highest BCUT2D eigenvalue weighted by molar-refractivity contribution is 8.17. The standard InChI is InChI=1S/C20H22N4O3S/c1-10(2)27-19(25)16-12(4)23-20-24(18(22)15(9-21)28-20)17(16)14-7-6-13(26-5)8-11(14)3/h6-8,10,17H,22H2,1-5H3/t17-/m1/s1. The van der Waals surface area contributed by atoms with Crippen molar-refractivity contribution in [3.8, 4) is 11.8 Å². The summed E-state index contributed by atoms with van der Waals surface area (Å²) in [5.41, 5.74) is 9.03. The number of rotatable bonds is 4. The maximum atomic E-state index is 13.0. The van der Waals surface area contributed by atoms with E-state index in [0.29, 0.717) is 21.3 Å². The molecule has 2 N–H and O–H groups in total. The molecule has 8 heteroatoms. The molecular weight excluding hydrogens is 376 g/mol. The fourth-order valence-corrected chi connectivity index (χ4v) is 4.17. The topological polar surface area (TPSA) is 101 Å². The Morgan fingerprint density at radius 1 is 1.39 bits per heavy atom. The van der Waals surface area contributed by atoms with Crippen LogP contribution in [0.1, 0.15) is 37.9 Å². The van der Waals surface area contributed by atoms with Gasteiger partial charge in [-0.15, -0.1) is 0 Å². The normalized spacial score (nSPS) is 18.8. The Kier molecular flexibility index (Phi) is 5.38. The van der Waals surface area contributed by atoms with Crippen LogP contribution in [-0.4, -0.2) is 29.3 Å². The number of ether oxygens (including phenoxy) is 2. The lowest BCUT2D eigenvalue weighted by molar-refractivity contribution is -0.143. The summed E-state index contributed by atoms with van der Waals surface area (Å²) in [6.07, 6.45) is -0.272. The maximum Gasteiger partial charge on any atom is 0.338 e. The van der Waals surface area contributed by atoms with E-state index in [1.807, 2.05) is 25.1 Å². The Labute approximate surface area is 168 Å². The van der Waals surface area contributed by atoms with Crippen molar-refractivity contribution in [2.75, 3.05) is 7.11 Å². The van der Waals surface area contributed by atoms with E-state index in [2.05, 4.69) is 11.1 Å². The average Bonchev–Trinajstić information content (AvgIpc) is 2.95. The monoisotopic (exact) mass is 398 g/mol. The lowest BCUT2D eigenvalue weighted by Gasteiger charge is -2.35. The zero-order valence-electron chi connectivity index (χ0n) is 16.4. The van der Waals surface area contributed by atoms with Crippen molar-refractivity contribution in [3.63, 3.8) is 0 Å². The first-order chi connectivity index (χ1) is 13.3. The summed E-state index contributed by atoms with van der Waals surface area (Å²) in [6.45, 7) is 7.31. The maximum absolute atomic E-state index is 13.0. The smallest absolute Gasteiger partial charge is 0.338 e. The molecule has 0 bridgehead atoms. The summed E-state index contributed by atoms with van der Waals surface area (Å²) in [4.78, 5) is 19.6. The molecule has 2 heterocycles. The molecule has 0 fully saturated rings. The number of fused-ring (bicyclic) bond motifs is 1. The van der Waals surface area contributed by atoms with Gasteiger partial charge in [0.1, 0.15) is 22.5 Å². The van der Waals surface area contributed by atoms with Gasteiger partial charge in [0.25, 0.3) is 0 Å². The van der Waals surface area contributed by atoms with Crippen LogP contribution in [0.2, 0.25) is 0 Å². The van der Waals surface area contributed by atoms with Crippen LogP contribution in [0.4, 0.5) is 0 Å². The number of carbonyl (C=O) groups excluding carboxylic acids is 1. The van der Waals surface area contributed by atoms with Gasteiger partial charge in [-0.3, -0.25) is 4.90 Å². The minimum absolute atomic E-state index is 0.272. The zero-order chi connectivity index (χ0) is 20.6. The Balaban J connectivity index is 2.20. The molecule has 0 aliphatic carbocycles. The first kappa shape index (κ1) is 19.8. The predicted molar refractivity (Wildman–Crippen MR) is 108 cm³/mol. The summed E-state index contributed by atoms with van der Waals surface area (Å²) >= 11 is 1.20. The summed E-state index contributed by atoms with van der Waals surface area (Å²) in [5.74, 6) is 0.558. The van der Waals surface area contributed by atoms with Gasteiger partial charge in [-0.05, 0) is 62.7 Å². The van der Waals surface area contributed by atoms with Crippen LogP contribution in [0.5, 0.6) is 5.75 Å². The second-order valence-electron chi connectivity index (χ2n) is 6.77. The second kappa shape index (κ2) is 7.60. The molecule has 0 aromatic heterocycles. The number of aliphatic imine (C=N–C) groups is 1. The number of nitrogens with two attached hydrogens (primary N) is 1. The molecule has 1 aromatic rings. The number of esters is 1. The third-order valence-corrected chi connectivity index (χ3v) is 5.49. The third-order valence-electron chi connectivity index (χ3n) is 4.51. The largest absolute Gasteiger partial charge is 0.497 e. The molecule has 0 saturated heterocycles. The van der Waals surface area contributed by atoms with Crippen LogP contribution in [0, 0.1) is 18.3 Å². The first-order valence-corrected chi connectivity index (χ1v) is 9.62. The van der Waals surface area contributed by atoms with E-state index >= 15 is 0 Å². The first-order valence-electron chi connectivity index (χ1n) is 8.80. The zero-order valence-corrected chi connectivity index (χ0v) is 17.3. The van der Waals surface area contributed by atoms with Crippen molar-refractivity contribution < 1.29 is 14.3 Å². The lowest BCUT2D eigenvalue weighted by Crippen LogP contribution is -2.39. The minimum Gasteiger partial charge on any atom is -0.497 e. The highest BCUT2D eigenvalue weighted by Gasteiger charge is 2.43. The van der Waals surface area contributed by atoms with E-state index in [0.717, 1.165) is 16.9 Å². The second-order valence-corrected chi connectivity index (χ2v) is 7.75. The van der Waals surface area contributed by atoms with Gasteiger partial charge >= 0.3 is 5.97 Å². The molecule has 28 heavy (non-hydrogen) atoms. The van der Waals surface area contributed by atoms with Crippen molar-refractivity contribution in [3.05, 3.63) is 51.3 Å². The third kappa shape index (κ3) is 3.34. The number of carbonyl (C=O) groups is 1. The van der Waals surface area contributed by atoms with Crippen molar-refractivity contribution in [2.45, 2.75) is 39.8 Å². The Bertz CT molecular complexity index is 972. The Morgan fingerprint density at radius 2 is 2.11 bits per heavy atom. The number of thioether (sulfide) groups is 1. The van der Waals surface area contributed by atoms with E-state index in [1.54, 1.807) is 32.8 Å². The summed E-state index contributed by atoms with van der Waals surface area (Å²) in [6, 6.07) is 7.21.